The van der Waals surface area contributed by atoms with Crippen LogP contribution in [0.4, 0.5) is 24.8 Å². The molecule has 1 N–H and O–H groups in total. The lowest BCUT2D eigenvalue weighted by molar-refractivity contribution is -0.141. The molecule has 172 valence electrons. The summed E-state index contributed by atoms with van der Waals surface area (Å²) in [6.07, 6.45) is -1.92. The second-order valence-corrected chi connectivity index (χ2v) is 7.38. The van der Waals surface area contributed by atoms with Gasteiger partial charge in [-0.25, -0.2) is 14.6 Å². The highest BCUT2D eigenvalue weighted by Crippen LogP contribution is 2.32. The van der Waals surface area contributed by atoms with Crippen molar-refractivity contribution in [3.8, 4) is 22.8 Å². The predicted octanol–water partition coefficient (Wildman–Crippen LogP) is 4.15. The Hall–Kier alpha value is -3.96. The highest BCUT2D eigenvalue weighted by molar-refractivity contribution is 5.71. The molecule has 0 aliphatic heterocycles. The lowest BCUT2D eigenvalue weighted by atomic mass is 10.1. The zero-order valence-corrected chi connectivity index (χ0v) is 18.6. The molecule has 0 aliphatic rings. The number of nitrogens with zero attached hydrogens (tertiary/aromatic N) is 7. The number of methoxy groups -OCH3 is 1. The van der Waals surface area contributed by atoms with Gasteiger partial charge in [0.1, 0.15) is 29.4 Å². The van der Waals surface area contributed by atoms with Crippen molar-refractivity contribution in [2.24, 2.45) is 7.05 Å². The maximum Gasteiger partial charge on any atom is 0.433 e. The molecule has 0 fully saturated rings. The molecule has 0 saturated heterocycles. The first kappa shape index (κ1) is 22.2. The van der Waals surface area contributed by atoms with Crippen molar-refractivity contribution < 1.29 is 17.9 Å². The van der Waals surface area contributed by atoms with Gasteiger partial charge in [-0.3, -0.25) is 9.67 Å². The van der Waals surface area contributed by atoms with E-state index in [-0.39, 0.29) is 0 Å². The number of rotatable bonds is 5. The summed E-state index contributed by atoms with van der Waals surface area (Å²) in [7, 11) is 3.31. The van der Waals surface area contributed by atoms with Crippen molar-refractivity contribution in [3.63, 3.8) is 0 Å². The lowest BCUT2D eigenvalue weighted by Crippen LogP contribution is -2.07. The van der Waals surface area contributed by atoms with Crippen LogP contribution >= 0.6 is 0 Å². The molecule has 0 radical (unpaired) electrons. The number of hydrogen-bond donors (Lipinski definition) is 1. The quantitative estimate of drug-likeness (QED) is 0.480. The highest BCUT2D eigenvalue weighted by atomic mass is 19.4. The highest BCUT2D eigenvalue weighted by Gasteiger charge is 2.32. The topological polar surface area (TPSA) is 95.6 Å². The minimum absolute atomic E-state index is 0.474. The second-order valence-electron chi connectivity index (χ2n) is 7.38. The molecule has 0 spiro atoms. The Bertz CT molecular complexity index is 1310. The molecule has 4 aromatic heterocycles. The predicted molar refractivity (Wildman–Crippen MR) is 115 cm³/mol. The standard InChI is InChI=1S/C21H21F3N8O/c1-11-18(14-6-7-15(25-9-14)21(22,23)24)30-31(4)20(11)28-16-8-17(27-10-26-16)32-13(3)19(33-5)12(2)29-32/h6-10H,1-5H3,(H,26,27,28). The van der Waals surface area contributed by atoms with Gasteiger partial charge >= 0.3 is 6.18 Å². The number of alkyl halides is 3. The van der Waals surface area contributed by atoms with Gasteiger partial charge in [0.25, 0.3) is 0 Å². The van der Waals surface area contributed by atoms with Gasteiger partial charge < -0.3 is 10.1 Å². The van der Waals surface area contributed by atoms with E-state index < -0.39 is 11.9 Å². The normalized spacial score (nSPS) is 11.6. The van der Waals surface area contributed by atoms with Gasteiger partial charge in [-0.05, 0) is 32.9 Å². The van der Waals surface area contributed by atoms with Crippen LogP contribution in [0.5, 0.6) is 5.75 Å². The molecule has 4 rings (SSSR count). The van der Waals surface area contributed by atoms with Crippen LogP contribution in [-0.2, 0) is 13.2 Å². The van der Waals surface area contributed by atoms with Crippen LogP contribution in [0.15, 0.2) is 30.7 Å². The van der Waals surface area contributed by atoms with E-state index in [2.05, 4.69) is 30.5 Å². The summed E-state index contributed by atoms with van der Waals surface area (Å²) in [5, 5.41) is 12.1. The summed E-state index contributed by atoms with van der Waals surface area (Å²) in [6.45, 7) is 5.54. The number of aromatic nitrogens is 7. The van der Waals surface area contributed by atoms with Crippen molar-refractivity contribution >= 4 is 11.6 Å². The molecule has 0 unspecified atom stereocenters. The summed E-state index contributed by atoms with van der Waals surface area (Å²) < 4.78 is 47.1. The second kappa shape index (κ2) is 8.19. The first-order valence-corrected chi connectivity index (χ1v) is 9.87. The van der Waals surface area contributed by atoms with Gasteiger partial charge in [0.2, 0.25) is 0 Å². The molecule has 9 nitrogen and oxygen atoms in total. The summed E-state index contributed by atoms with van der Waals surface area (Å²) in [6, 6.07) is 4.02. The van der Waals surface area contributed by atoms with Crippen LogP contribution in [0.3, 0.4) is 0 Å². The summed E-state index contributed by atoms with van der Waals surface area (Å²) in [5.41, 5.74) is 2.30. The number of ether oxygens (including phenoxy) is 1. The van der Waals surface area contributed by atoms with Gasteiger partial charge in [0, 0.05) is 30.4 Å². The molecule has 0 amide bonds. The lowest BCUT2D eigenvalue weighted by Gasteiger charge is -2.09. The van der Waals surface area contributed by atoms with Gasteiger partial charge in [-0.15, -0.1) is 0 Å². The molecular weight excluding hydrogens is 437 g/mol. The molecule has 0 aliphatic carbocycles. The summed E-state index contributed by atoms with van der Waals surface area (Å²) in [5.74, 6) is 2.35. The van der Waals surface area contributed by atoms with Crippen molar-refractivity contribution in [2.75, 3.05) is 12.4 Å². The molecule has 12 heteroatoms. The molecular formula is C21H21F3N8O. The Labute approximate surface area is 187 Å². The fourth-order valence-electron chi connectivity index (χ4n) is 3.58. The Morgan fingerprint density at radius 1 is 1.03 bits per heavy atom. The van der Waals surface area contributed by atoms with Crippen molar-refractivity contribution in [1.29, 1.82) is 0 Å². The van der Waals surface area contributed by atoms with Crippen LogP contribution in [0, 0.1) is 20.8 Å². The number of halogens is 3. The Balaban J connectivity index is 1.65. The first-order valence-electron chi connectivity index (χ1n) is 9.87. The van der Waals surface area contributed by atoms with E-state index in [1.54, 1.807) is 29.6 Å². The molecule has 33 heavy (non-hydrogen) atoms. The number of anilines is 2. The fraction of sp³-hybridized carbons (Fsp3) is 0.286. The fourth-order valence-corrected chi connectivity index (χ4v) is 3.58. The molecule has 4 heterocycles. The number of pyridine rings is 1. The van der Waals surface area contributed by atoms with Crippen molar-refractivity contribution in [1.82, 2.24) is 34.5 Å². The Morgan fingerprint density at radius 2 is 1.79 bits per heavy atom. The average molecular weight is 458 g/mol. The Morgan fingerprint density at radius 3 is 2.39 bits per heavy atom. The Kier molecular flexibility index (Phi) is 5.52. The van der Waals surface area contributed by atoms with Crippen LogP contribution in [0.1, 0.15) is 22.6 Å². The van der Waals surface area contributed by atoms with E-state index in [1.165, 1.54) is 18.6 Å². The zero-order chi connectivity index (χ0) is 23.9. The van der Waals surface area contributed by atoms with Gasteiger partial charge in [-0.1, -0.05) is 0 Å². The summed E-state index contributed by atoms with van der Waals surface area (Å²) in [4.78, 5) is 12.1. The van der Waals surface area contributed by atoms with Gasteiger partial charge in [0.05, 0.1) is 18.5 Å². The SMILES string of the molecule is COc1c(C)nn(-c2cc(Nc3c(C)c(-c4ccc(C(F)(F)F)nc4)nn3C)ncn2)c1C. The number of aryl methyl sites for hydroxylation is 2. The number of hydrogen-bond acceptors (Lipinski definition) is 7. The third-order valence-corrected chi connectivity index (χ3v) is 5.16. The van der Waals surface area contributed by atoms with E-state index in [0.29, 0.717) is 34.5 Å². The van der Waals surface area contributed by atoms with Crippen molar-refractivity contribution in [3.05, 3.63) is 53.4 Å². The monoisotopic (exact) mass is 458 g/mol. The third-order valence-electron chi connectivity index (χ3n) is 5.16. The molecule has 4 aromatic rings. The first-order chi connectivity index (χ1) is 15.6. The van der Waals surface area contributed by atoms with E-state index in [0.717, 1.165) is 23.0 Å². The molecule has 0 atom stereocenters. The number of nitrogens with one attached hydrogen (secondary N) is 1. The van der Waals surface area contributed by atoms with E-state index in [9.17, 15) is 13.2 Å². The van der Waals surface area contributed by atoms with Crippen LogP contribution in [0.2, 0.25) is 0 Å². The van der Waals surface area contributed by atoms with E-state index in [4.69, 9.17) is 4.74 Å². The van der Waals surface area contributed by atoms with Gasteiger partial charge in [0.15, 0.2) is 11.6 Å². The largest absolute Gasteiger partial charge is 0.493 e. The van der Waals surface area contributed by atoms with E-state index in [1.807, 2.05) is 20.8 Å². The molecule has 0 aromatic carbocycles. The summed E-state index contributed by atoms with van der Waals surface area (Å²) >= 11 is 0. The molecule has 0 bridgehead atoms. The van der Waals surface area contributed by atoms with Crippen LogP contribution in [-0.4, -0.2) is 41.6 Å². The minimum atomic E-state index is -4.50. The zero-order valence-electron chi connectivity index (χ0n) is 18.6. The maximum absolute atomic E-state index is 12.8. The van der Waals surface area contributed by atoms with Crippen LogP contribution < -0.4 is 10.1 Å². The third kappa shape index (κ3) is 4.11. The molecule has 0 saturated carbocycles. The van der Waals surface area contributed by atoms with Crippen molar-refractivity contribution in [2.45, 2.75) is 26.9 Å². The average Bonchev–Trinajstić information content (AvgIpc) is 3.22. The maximum atomic E-state index is 12.8. The minimum Gasteiger partial charge on any atom is -0.493 e. The van der Waals surface area contributed by atoms with Gasteiger partial charge in [-0.2, -0.15) is 23.4 Å². The van der Waals surface area contributed by atoms with Crippen LogP contribution in [0.25, 0.3) is 17.1 Å². The smallest absolute Gasteiger partial charge is 0.433 e. The van der Waals surface area contributed by atoms with E-state index >= 15 is 0 Å².